The molecule has 0 saturated heterocycles. The van der Waals surface area contributed by atoms with Gasteiger partial charge in [-0.3, -0.25) is 0 Å². The van der Waals surface area contributed by atoms with Crippen molar-refractivity contribution in [3.8, 4) is 22.5 Å². The van der Waals surface area contributed by atoms with Gasteiger partial charge in [0, 0.05) is 49.4 Å². The first-order valence-electron chi connectivity index (χ1n) is 10.1. The van der Waals surface area contributed by atoms with Crippen molar-refractivity contribution in [2.75, 3.05) is 11.9 Å². The van der Waals surface area contributed by atoms with Gasteiger partial charge in [-0.25, -0.2) is 19.9 Å². The zero-order valence-electron chi connectivity index (χ0n) is 18.6. The molecular weight excluding hydrogens is 591 g/mol. The van der Waals surface area contributed by atoms with E-state index >= 15 is 0 Å². The molecule has 4 heterocycles. The summed E-state index contributed by atoms with van der Waals surface area (Å²) in [5.74, 6) is 0. The zero-order valence-corrected chi connectivity index (χ0v) is 23.3. The number of alkyl halides is 1. The number of aliphatic hydroxyl groups is 1. The fourth-order valence-electron chi connectivity index (χ4n) is 2.42. The number of aliphatic hydroxyl groups excluding tert-OH is 1. The fraction of sp³-hybridized carbons (Fsp3) is 0.167. The van der Waals surface area contributed by atoms with Crippen LogP contribution in [0.1, 0.15) is 9.75 Å². The molecule has 0 bridgehead atoms. The van der Waals surface area contributed by atoms with Crippen molar-refractivity contribution in [2.24, 2.45) is 0 Å². The van der Waals surface area contributed by atoms with Crippen molar-refractivity contribution in [3.05, 3.63) is 93.1 Å². The van der Waals surface area contributed by atoms with Gasteiger partial charge >= 0.3 is 0 Å². The molecule has 4 rings (SSSR count). The molecule has 0 aliphatic carbocycles. The second kappa shape index (κ2) is 16.6. The average Bonchev–Trinajstić information content (AvgIpc) is 3.55. The van der Waals surface area contributed by atoms with Crippen molar-refractivity contribution in [3.63, 3.8) is 0 Å². The molecule has 4 aromatic rings. The van der Waals surface area contributed by atoms with Crippen LogP contribution < -0.4 is 0 Å². The maximum absolute atomic E-state index is 8.90. The summed E-state index contributed by atoms with van der Waals surface area (Å²) in [6.07, 6.45) is 6.79. The van der Waals surface area contributed by atoms with Gasteiger partial charge in [0.15, 0.2) is 0 Å². The predicted molar refractivity (Wildman–Crippen MR) is 150 cm³/mol. The van der Waals surface area contributed by atoms with Crippen LogP contribution in [-0.2, 0) is 18.0 Å². The van der Waals surface area contributed by atoms with Crippen LogP contribution in [0.25, 0.3) is 22.5 Å². The van der Waals surface area contributed by atoms with E-state index in [0.717, 1.165) is 37.6 Å². The normalized spacial score (nSPS) is 9.94. The van der Waals surface area contributed by atoms with Crippen molar-refractivity contribution >= 4 is 61.8 Å². The molecule has 184 valence electrons. The third-order valence-electron chi connectivity index (χ3n) is 3.90. The molecule has 0 aliphatic heterocycles. The molecule has 1 N–H and O–H groups in total. The van der Waals surface area contributed by atoms with Crippen LogP contribution in [0.5, 0.6) is 0 Å². The Labute approximate surface area is 231 Å². The molecule has 0 radical (unpaired) electrons. The number of allylic oxidation sites excluding steroid dienone is 1. The molecule has 11 heteroatoms. The van der Waals surface area contributed by atoms with E-state index in [9.17, 15) is 0 Å². The molecule has 0 spiro atoms. The summed E-state index contributed by atoms with van der Waals surface area (Å²) in [5.41, 5.74) is 3.61. The number of halogens is 3. The Bertz CT molecular complexity index is 1200. The highest BCUT2D eigenvalue weighted by molar-refractivity contribution is 9.09. The zero-order chi connectivity index (χ0) is 25.5. The second-order valence-corrected chi connectivity index (χ2v) is 9.75. The summed E-state index contributed by atoms with van der Waals surface area (Å²) in [5, 5.41) is 14.3. The Morgan fingerprint density at radius 3 is 1.86 bits per heavy atom. The second-order valence-electron chi connectivity index (χ2n) is 6.43. The Balaban J connectivity index is 0.000000217. The molecule has 0 saturated carbocycles. The summed E-state index contributed by atoms with van der Waals surface area (Å²) >= 11 is 17.7. The number of aromatic nitrogens is 4. The summed E-state index contributed by atoms with van der Waals surface area (Å²) < 4.78 is 5.38. The topological polar surface area (TPSA) is 81.0 Å². The van der Waals surface area contributed by atoms with Gasteiger partial charge in [0.1, 0.15) is 0 Å². The van der Waals surface area contributed by atoms with Gasteiger partial charge in [-0.1, -0.05) is 28.1 Å². The monoisotopic (exact) mass is 612 g/mol. The molecule has 4 aromatic heterocycles. The summed E-state index contributed by atoms with van der Waals surface area (Å²) in [4.78, 5) is 17.9. The first-order chi connectivity index (χ1) is 17.0. The fourth-order valence-corrected chi connectivity index (χ4v) is 4.27. The minimum absolute atomic E-state index is 0.0590. The quantitative estimate of drug-likeness (QED) is 0.0960. The molecule has 6 nitrogen and oxygen atoms in total. The van der Waals surface area contributed by atoms with Crippen molar-refractivity contribution in [1.29, 1.82) is 0 Å². The minimum atomic E-state index is 0.0590. The van der Waals surface area contributed by atoms with Crippen LogP contribution in [0.3, 0.4) is 0 Å². The van der Waals surface area contributed by atoms with Crippen LogP contribution in [0.2, 0.25) is 10.6 Å². The number of ether oxygens (including phenoxy) is 1. The lowest BCUT2D eigenvalue weighted by atomic mass is 10.2. The molecule has 0 aliphatic rings. The van der Waals surface area contributed by atoms with Gasteiger partial charge in [0.05, 0.1) is 31.2 Å². The highest BCUT2D eigenvalue weighted by Gasteiger charge is 2.05. The standard InChI is InChI=1S/C12H11ClN2OS.C9H7ClN2OS.C3H5Br/c1-2-5-16-7-10-6-9(8-17-10)11-3-4-14-12(13)15-11;10-9-11-2-1-8(12-9)6-3-7(4-13)14-5-6;1-2-3-4/h2-4,6,8H,1,5,7H2;1-3,5,13H,4H2;2H,1,3H2. The molecule has 0 amide bonds. The number of hydrogen-bond acceptors (Lipinski definition) is 8. The Hall–Kier alpha value is -1.98. The van der Waals surface area contributed by atoms with Crippen molar-refractivity contribution in [1.82, 2.24) is 19.9 Å². The van der Waals surface area contributed by atoms with Crippen LogP contribution in [0.15, 0.2) is 72.7 Å². The van der Waals surface area contributed by atoms with Crippen LogP contribution in [0.4, 0.5) is 0 Å². The number of rotatable bonds is 8. The van der Waals surface area contributed by atoms with E-state index in [2.05, 4.69) is 49.0 Å². The smallest absolute Gasteiger partial charge is 0.222 e. The molecule has 0 fully saturated rings. The van der Waals surface area contributed by atoms with Gasteiger partial charge in [-0.05, 0) is 47.5 Å². The Morgan fingerprint density at radius 2 is 1.43 bits per heavy atom. The van der Waals surface area contributed by atoms with Crippen LogP contribution in [0, 0.1) is 0 Å². The SMILES string of the molecule is C=CCBr.C=CCOCc1cc(-c2ccnc(Cl)n2)cs1.OCc1cc(-c2ccnc(Cl)n2)cs1. The van der Waals surface area contributed by atoms with Gasteiger partial charge < -0.3 is 9.84 Å². The largest absolute Gasteiger partial charge is 0.391 e. The van der Waals surface area contributed by atoms with Gasteiger partial charge in [-0.15, -0.1) is 35.8 Å². The van der Waals surface area contributed by atoms with E-state index in [1.807, 2.05) is 29.0 Å². The first-order valence-corrected chi connectivity index (χ1v) is 13.7. The van der Waals surface area contributed by atoms with E-state index in [0.29, 0.717) is 13.2 Å². The maximum atomic E-state index is 8.90. The lowest BCUT2D eigenvalue weighted by Gasteiger charge is -1.97. The van der Waals surface area contributed by atoms with E-state index in [1.165, 1.54) is 11.3 Å². The molecule has 35 heavy (non-hydrogen) atoms. The minimum Gasteiger partial charge on any atom is -0.391 e. The summed E-state index contributed by atoms with van der Waals surface area (Å²) in [7, 11) is 0. The van der Waals surface area contributed by atoms with Crippen LogP contribution >= 0.6 is 61.8 Å². The third-order valence-corrected chi connectivity index (χ3v) is 6.55. The number of hydrogen-bond donors (Lipinski definition) is 1. The molecule has 0 unspecified atom stereocenters. The van der Waals surface area contributed by atoms with Gasteiger partial charge in [-0.2, -0.15) is 0 Å². The predicted octanol–water partition coefficient (Wildman–Crippen LogP) is 7.48. The molecular formula is C24H23BrCl2N4O2S2. The molecule has 0 aromatic carbocycles. The Kier molecular flexibility index (Phi) is 13.9. The van der Waals surface area contributed by atoms with Crippen molar-refractivity contribution in [2.45, 2.75) is 13.2 Å². The maximum Gasteiger partial charge on any atom is 0.222 e. The number of thiophene rings is 2. The highest BCUT2D eigenvalue weighted by Crippen LogP contribution is 2.25. The summed E-state index contributed by atoms with van der Waals surface area (Å²) in [6.45, 7) is 8.25. The van der Waals surface area contributed by atoms with E-state index < -0.39 is 0 Å². The third kappa shape index (κ3) is 10.7. The van der Waals surface area contributed by atoms with E-state index in [1.54, 1.807) is 41.9 Å². The van der Waals surface area contributed by atoms with Gasteiger partial charge in [0.25, 0.3) is 0 Å². The Morgan fingerprint density at radius 1 is 0.914 bits per heavy atom. The highest BCUT2D eigenvalue weighted by atomic mass is 79.9. The molecule has 0 atom stereocenters. The van der Waals surface area contributed by atoms with E-state index in [-0.39, 0.29) is 17.2 Å². The first kappa shape index (κ1) is 29.3. The average molecular weight is 614 g/mol. The van der Waals surface area contributed by atoms with Crippen LogP contribution in [-0.4, -0.2) is 37.0 Å². The van der Waals surface area contributed by atoms with E-state index in [4.69, 9.17) is 33.0 Å². The lowest BCUT2D eigenvalue weighted by molar-refractivity contribution is 0.151. The number of nitrogens with zero attached hydrogens (tertiary/aromatic N) is 4. The van der Waals surface area contributed by atoms with Crippen molar-refractivity contribution < 1.29 is 9.84 Å². The summed E-state index contributed by atoms with van der Waals surface area (Å²) in [6, 6.07) is 7.56. The van der Waals surface area contributed by atoms with Gasteiger partial charge in [0.2, 0.25) is 10.6 Å². The lowest BCUT2D eigenvalue weighted by Crippen LogP contribution is -1.89.